The smallest absolute Gasteiger partial charge is 0.263 e. The van der Waals surface area contributed by atoms with Crippen LogP contribution in [0.15, 0.2) is 52.4 Å². The quantitative estimate of drug-likeness (QED) is 0.880. The van der Waals surface area contributed by atoms with Crippen LogP contribution in [0.1, 0.15) is 23.1 Å². The molecule has 25 heavy (non-hydrogen) atoms. The van der Waals surface area contributed by atoms with Gasteiger partial charge >= 0.3 is 0 Å². The molecule has 0 unspecified atom stereocenters. The first-order chi connectivity index (χ1) is 11.9. The second kappa shape index (κ2) is 6.68. The Balaban J connectivity index is 1.66. The van der Waals surface area contributed by atoms with Crippen molar-refractivity contribution in [3.63, 3.8) is 0 Å². The van der Waals surface area contributed by atoms with Crippen LogP contribution >= 0.6 is 0 Å². The van der Waals surface area contributed by atoms with Gasteiger partial charge in [-0.3, -0.25) is 14.5 Å². The van der Waals surface area contributed by atoms with Gasteiger partial charge in [0.2, 0.25) is 5.91 Å². The molecule has 1 aliphatic rings. The number of benzene rings is 2. The number of nitrogens with zero attached hydrogens (tertiary/aromatic N) is 1. The predicted molar refractivity (Wildman–Crippen MR) is 97.3 cm³/mol. The molecule has 0 saturated carbocycles. The summed E-state index contributed by atoms with van der Waals surface area (Å²) in [5.41, 5.74) is 3.38. The van der Waals surface area contributed by atoms with Gasteiger partial charge in [-0.05, 0) is 43.2 Å². The van der Waals surface area contributed by atoms with Crippen molar-refractivity contribution in [2.24, 2.45) is 4.99 Å². The minimum atomic E-state index is -3.55. The predicted octanol–water partition coefficient (Wildman–Crippen LogP) is 2.37. The monoisotopic (exact) mass is 357 g/mol. The fraction of sp³-hybridized carbons (Fsp3) is 0.222. The molecule has 2 aromatic carbocycles. The number of carbonyl (C=O) groups is 1. The first-order valence-corrected chi connectivity index (χ1v) is 9.39. The lowest BCUT2D eigenvalue weighted by molar-refractivity contribution is -0.116. The van der Waals surface area contributed by atoms with Crippen LogP contribution in [-0.4, -0.2) is 26.7 Å². The molecule has 0 radical (unpaired) electrons. The van der Waals surface area contributed by atoms with E-state index >= 15 is 0 Å². The van der Waals surface area contributed by atoms with E-state index in [-0.39, 0.29) is 29.6 Å². The molecular weight excluding hydrogens is 338 g/mol. The number of carbonyl (C=O) groups excluding carboxylic acids is 1. The maximum Gasteiger partial charge on any atom is 0.263 e. The third kappa shape index (κ3) is 3.71. The largest absolute Gasteiger partial charge is 0.326 e. The molecule has 0 bridgehead atoms. The van der Waals surface area contributed by atoms with Gasteiger partial charge in [-0.1, -0.05) is 24.3 Å². The highest BCUT2D eigenvalue weighted by Gasteiger charge is 2.29. The molecule has 0 saturated heterocycles. The molecule has 0 spiro atoms. The van der Waals surface area contributed by atoms with Gasteiger partial charge in [-0.25, -0.2) is 8.42 Å². The molecule has 0 atom stereocenters. The number of anilines is 1. The van der Waals surface area contributed by atoms with E-state index in [1.54, 1.807) is 18.2 Å². The van der Waals surface area contributed by atoms with E-state index in [1.165, 1.54) is 6.07 Å². The molecule has 1 heterocycles. The van der Waals surface area contributed by atoms with E-state index in [1.807, 2.05) is 32.0 Å². The number of rotatable bonds is 4. The van der Waals surface area contributed by atoms with Crippen LogP contribution in [0.5, 0.6) is 0 Å². The van der Waals surface area contributed by atoms with Crippen molar-refractivity contribution >= 4 is 27.5 Å². The topological polar surface area (TPSA) is 87.6 Å². The number of amides is 1. The number of aliphatic imine (C=N–C) groups is 1. The van der Waals surface area contributed by atoms with Crippen molar-refractivity contribution in [1.29, 1.82) is 0 Å². The van der Waals surface area contributed by atoms with Gasteiger partial charge < -0.3 is 5.32 Å². The molecular formula is C18H19N3O3S. The normalized spacial score (nSPS) is 16.3. The molecule has 130 valence electrons. The summed E-state index contributed by atoms with van der Waals surface area (Å²) in [5.74, 6) is 0.127. The lowest BCUT2D eigenvalue weighted by Crippen LogP contribution is -2.23. The zero-order valence-electron chi connectivity index (χ0n) is 14.0. The van der Waals surface area contributed by atoms with E-state index in [0.717, 1.165) is 16.8 Å². The standard InChI is InChI=1S/C18H19N3O3S/c1-12-7-8-13(2)15(11-12)20-17(22)9-10-19-18-14-5-3-4-6-16(14)25(23,24)21-18/h3-8,11H,9-10H2,1-2H3,(H,19,21)(H,20,22). The third-order valence-corrected chi connectivity index (χ3v) is 5.34. The highest BCUT2D eigenvalue weighted by Crippen LogP contribution is 2.22. The fourth-order valence-corrected chi connectivity index (χ4v) is 3.85. The van der Waals surface area contributed by atoms with Gasteiger partial charge in [-0.2, -0.15) is 0 Å². The number of hydrogen-bond donors (Lipinski definition) is 2. The summed E-state index contributed by atoms with van der Waals surface area (Å²) < 4.78 is 26.4. The molecule has 7 heteroatoms. The van der Waals surface area contributed by atoms with Gasteiger partial charge in [-0.15, -0.1) is 0 Å². The Morgan fingerprint density at radius 2 is 1.92 bits per heavy atom. The van der Waals surface area contributed by atoms with Crippen molar-refractivity contribution in [1.82, 2.24) is 4.72 Å². The molecule has 6 nitrogen and oxygen atoms in total. The summed E-state index contributed by atoms with van der Waals surface area (Å²) >= 11 is 0. The first kappa shape index (κ1) is 17.2. The second-order valence-corrected chi connectivity index (χ2v) is 7.60. The Morgan fingerprint density at radius 1 is 1.16 bits per heavy atom. The zero-order valence-corrected chi connectivity index (χ0v) is 14.9. The Bertz CT molecular complexity index is 965. The van der Waals surface area contributed by atoms with Gasteiger partial charge in [0.05, 0.1) is 11.4 Å². The van der Waals surface area contributed by atoms with Gasteiger partial charge in [0.1, 0.15) is 5.84 Å². The molecule has 0 aliphatic carbocycles. The van der Waals surface area contributed by atoms with Crippen LogP contribution < -0.4 is 10.0 Å². The Morgan fingerprint density at radius 3 is 2.72 bits per heavy atom. The summed E-state index contributed by atoms with van der Waals surface area (Å²) in [5, 5.41) is 2.86. The number of sulfonamides is 1. The minimum absolute atomic E-state index is 0.160. The highest BCUT2D eigenvalue weighted by molar-refractivity contribution is 7.90. The number of amidine groups is 1. The number of fused-ring (bicyclic) bond motifs is 1. The molecule has 3 rings (SSSR count). The Labute approximate surface area is 147 Å². The average molecular weight is 357 g/mol. The van der Waals surface area contributed by atoms with Gasteiger partial charge in [0.15, 0.2) is 0 Å². The summed E-state index contributed by atoms with van der Waals surface area (Å²) in [4.78, 5) is 16.6. The molecule has 1 aliphatic heterocycles. The van der Waals surface area contributed by atoms with Crippen LogP contribution in [-0.2, 0) is 14.8 Å². The summed E-state index contributed by atoms with van der Waals surface area (Å²) in [6.07, 6.45) is 0.167. The SMILES string of the molecule is Cc1ccc(C)c(NC(=O)CCN=C2NS(=O)(=O)c3ccccc32)c1. The lowest BCUT2D eigenvalue weighted by Gasteiger charge is -2.08. The van der Waals surface area contributed by atoms with Crippen LogP contribution in [0, 0.1) is 13.8 Å². The zero-order chi connectivity index (χ0) is 18.0. The number of hydrogen-bond acceptors (Lipinski definition) is 4. The van der Waals surface area contributed by atoms with Crippen molar-refractivity contribution in [2.75, 3.05) is 11.9 Å². The molecule has 2 aromatic rings. The van der Waals surface area contributed by atoms with Crippen molar-refractivity contribution in [3.8, 4) is 0 Å². The maximum absolute atomic E-state index is 12.1. The van der Waals surface area contributed by atoms with Crippen LogP contribution in [0.3, 0.4) is 0 Å². The van der Waals surface area contributed by atoms with E-state index in [4.69, 9.17) is 0 Å². The minimum Gasteiger partial charge on any atom is -0.326 e. The first-order valence-electron chi connectivity index (χ1n) is 7.90. The number of aryl methyl sites for hydroxylation is 2. The average Bonchev–Trinajstić information content (AvgIpc) is 2.82. The summed E-state index contributed by atoms with van der Waals surface area (Å²) in [6, 6.07) is 12.5. The van der Waals surface area contributed by atoms with E-state index < -0.39 is 10.0 Å². The molecule has 2 N–H and O–H groups in total. The van der Waals surface area contributed by atoms with Gasteiger partial charge in [0, 0.05) is 17.7 Å². The highest BCUT2D eigenvalue weighted by atomic mass is 32.2. The van der Waals surface area contributed by atoms with Gasteiger partial charge in [0.25, 0.3) is 10.0 Å². The number of nitrogens with one attached hydrogen (secondary N) is 2. The lowest BCUT2D eigenvalue weighted by atomic mass is 10.1. The molecule has 1 amide bonds. The van der Waals surface area contributed by atoms with Crippen molar-refractivity contribution < 1.29 is 13.2 Å². The van der Waals surface area contributed by atoms with Crippen molar-refractivity contribution in [2.45, 2.75) is 25.2 Å². The van der Waals surface area contributed by atoms with Crippen LogP contribution in [0.4, 0.5) is 5.69 Å². The Hall–Kier alpha value is -2.67. The van der Waals surface area contributed by atoms with Crippen molar-refractivity contribution in [3.05, 3.63) is 59.2 Å². The van der Waals surface area contributed by atoms with E-state index in [9.17, 15) is 13.2 Å². The van der Waals surface area contributed by atoms with E-state index in [0.29, 0.717) is 5.56 Å². The molecule has 0 fully saturated rings. The second-order valence-electron chi connectivity index (χ2n) is 5.95. The summed E-state index contributed by atoms with van der Waals surface area (Å²) in [6.45, 7) is 4.09. The Kier molecular flexibility index (Phi) is 4.59. The van der Waals surface area contributed by atoms with E-state index in [2.05, 4.69) is 15.0 Å². The molecule has 0 aromatic heterocycles. The third-order valence-electron chi connectivity index (χ3n) is 3.94. The fourth-order valence-electron chi connectivity index (χ4n) is 2.60. The van der Waals surface area contributed by atoms with Crippen LogP contribution in [0.25, 0.3) is 0 Å². The van der Waals surface area contributed by atoms with Crippen LogP contribution in [0.2, 0.25) is 0 Å². The summed E-state index contributed by atoms with van der Waals surface area (Å²) in [7, 11) is -3.55. The maximum atomic E-state index is 12.1.